The van der Waals surface area contributed by atoms with Gasteiger partial charge in [-0.1, -0.05) is 11.6 Å². The number of phosphoric acid groups is 1. The Labute approximate surface area is 180 Å². The Kier molecular flexibility index (Phi) is 8.93. The standard InChI is InChI=1S/C18H26ClN3O3.H3O4P/c1-24-8-2-5-22-6-3-11(4-7-22)15-10-12-16(20)14(19)9-13(18(21)23)17(12)25-15;1-5(2,3)4/h9,11,15H,2-8,10,20H2,1H3,(H2,21,23);(H3,1,2,3,4). The van der Waals surface area contributed by atoms with Crippen molar-refractivity contribution in [1.82, 2.24) is 4.90 Å². The summed E-state index contributed by atoms with van der Waals surface area (Å²) >= 11 is 6.15. The Morgan fingerprint density at radius 1 is 1.37 bits per heavy atom. The minimum absolute atomic E-state index is 0.0370. The number of carbonyl (C=O) groups is 1. The van der Waals surface area contributed by atoms with Crippen molar-refractivity contribution in [2.24, 2.45) is 11.7 Å². The molecule has 2 heterocycles. The molecule has 12 heteroatoms. The monoisotopic (exact) mass is 465 g/mol. The molecule has 10 nitrogen and oxygen atoms in total. The van der Waals surface area contributed by atoms with Crippen LogP contribution in [0.2, 0.25) is 5.02 Å². The zero-order valence-corrected chi connectivity index (χ0v) is 18.4. The van der Waals surface area contributed by atoms with Crippen LogP contribution >= 0.6 is 19.4 Å². The minimum Gasteiger partial charge on any atom is -0.489 e. The number of nitrogens with two attached hydrogens (primary N) is 2. The predicted molar refractivity (Wildman–Crippen MR) is 112 cm³/mol. The number of fused-ring (bicyclic) bond motifs is 1. The normalized spacial score (nSPS) is 19.6. The molecule has 1 unspecified atom stereocenters. The summed E-state index contributed by atoms with van der Waals surface area (Å²) in [4.78, 5) is 35.7. The zero-order valence-electron chi connectivity index (χ0n) is 16.8. The summed E-state index contributed by atoms with van der Waals surface area (Å²) in [5, 5.41) is 0.366. The van der Waals surface area contributed by atoms with E-state index < -0.39 is 13.7 Å². The molecule has 1 aromatic carbocycles. The number of nitrogen functional groups attached to an aromatic ring is 1. The SMILES string of the molecule is COCCCN1CCC(C2Cc3c(N)c(Cl)cc(C(N)=O)c3O2)CC1.O=P(O)(O)O. The van der Waals surface area contributed by atoms with Gasteiger partial charge in [-0.15, -0.1) is 0 Å². The van der Waals surface area contributed by atoms with E-state index in [0.29, 0.717) is 34.4 Å². The minimum atomic E-state index is -4.64. The summed E-state index contributed by atoms with van der Waals surface area (Å²) in [6.45, 7) is 3.99. The maximum absolute atomic E-state index is 11.7. The highest BCUT2D eigenvalue weighted by Crippen LogP contribution is 2.43. The van der Waals surface area contributed by atoms with Gasteiger partial charge in [0.1, 0.15) is 11.9 Å². The van der Waals surface area contributed by atoms with Crippen LogP contribution in [0.4, 0.5) is 5.69 Å². The number of piperidine rings is 1. The van der Waals surface area contributed by atoms with Gasteiger partial charge >= 0.3 is 7.82 Å². The number of nitrogens with zero attached hydrogens (tertiary/aromatic N) is 1. The van der Waals surface area contributed by atoms with Gasteiger partial charge in [-0.25, -0.2) is 4.57 Å². The van der Waals surface area contributed by atoms with Crippen LogP contribution in [0, 0.1) is 5.92 Å². The fourth-order valence-corrected chi connectivity index (χ4v) is 4.08. The third kappa shape index (κ3) is 7.09. The fraction of sp³-hybridized carbons (Fsp3) is 0.611. The number of benzene rings is 1. The van der Waals surface area contributed by atoms with E-state index in [2.05, 4.69) is 4.90 Å². The van der Waals surface area contributed by atoms with Crippen LogP contribution in [0.5, 0.6) is 5.75 Å². The lowest BCUT2D eigenvalue weighted by Crippen LogP contribution is -2.39. The van der Waals surface area contributed by atoms with E-state index in [1.54, 1.807) is 7.11 Å². The van der Waals surface area contributed by atoms with Gasteiger partial charge in [0.15, 0.2) is 0 Å². The van der Waals surface area contributed by atoms with Crippen molar-refractivity contribution in [3.8, 4) is 5.75 Å². The molecule has 7 N–H and O–H groups in total. The largest absolute Gasteiger partial charge is 0.489 e. The van der Waals surface area contributed by atoms with Gasteiger partial charge < -0.3 is 40.5 Å². The number of anilines is 1. The van der Waals surface area contributed by atoms with E-state index in [4.69, 9.17) is 51.8 Å². The van der Waals surface area contributed by atoms with Crippen LogP contribution in [0.15, 0.2) is 6.07 Å². The summed E-state index contributed by atoms with van der Waals surface area (Å²) in [6.07, 6.45) is 3.94. The van der Waals surface area contributed by atoms with Gasteiger partial charge in [0.2, 0.25) is 0 Å². The molecule has 2 aliphatic rings. The first kappa shape index (κ1) is 24.9. The molecule has 1 atom stereocenters. The van der Waals surface area contributed by atoms with Crippen LogP contribution in [-0.2, 0) is 15.7 Å². The van der Waals surface area contributed by atoms with Crippen molar-refractivity contribution < 1.29 is 33.5 Å². The number of methoxy groups -OCH3 is 1. The molecule has 0 radical (unpaired) electrons. The second kappa shape index (κ2) is 10.8. The maximum Gasteiger partial charge on any atom is 0.466 e. The summed E-state index contributed by atoms with van der Waals surface area (Å²) in [6, 6.07) is 1.51. The van der Waals surface area contributed by atoms with Crippen LogP contribution in [0.1, 0.15) is 35.2 Å². The van der Waals surface area contributed by atoms with Crippen LogP contribution in [0.3, 0.4) is 0 Å². The van der Waals surface area contributed by atoms with Gasteiger partial charge in [0.25, 0.3) is 5.91 Å². The zero-order chi connectivity index (χ0) is 22.5. The number of carbonyl (C=O) groups excluding carboxylic acids is 1. The molecule has 1 aromatic rings. The lowest BCUT2D eigenvalue weighted by molar-refractivity contribution is 0.0840. The van der Waals surface area contributed by atoms with E-state index in [1.165, 1.54) is 6.07 Å². The molecule has 3 rings (SSSR count). The molecular formula is C18H29ClN3O7P. The number of likely N-dealkylation sites (tertiary alicyclic amines) is 1. The third-order valence-electron chi connectivity index (χ3n) is 5.29. The summed E-state index contributed by atoms with van der Waals surface area (Å²) < 4.78 is 20.1. The number of ether oxygens (including phenoxy) is 2. The molecule has 0 aromatic heterocycles. The first-order valence-corrected chi connectivity index (χ1v) is 11.5. The molecule has 30 heavy (non-hydrogen) atoms. The number of amides is 1. The van der Waals surface area contributed by atoms with Crippen molar-refractivity contribution in [2.75, 3.05) is 39.1 Å². The quantitative estimate of drug-likeness (QED) is 0.235. The van der Waals surface area contributed by atoms with Crippen molar-refractivity contribution in [1.29, 1.82) is 0 Å². The van der Waals surface area contributed by atoms with Crippen molar-refractivity contribution in [2.45, 2.75) is 31.8 Å². The van der Waals surface area contributed by atoms with E-state index in [1.807, 2.05) is 0 Å². The summed E-state index contributed by atoms with van der Waals surface area (Å²) in [5.41, 5.74) is 13.2. The molecule has 1 fully saturated rings. The maximum atomic E-state index is 11.7. The molecule has 0 bridgehead atoms. The Morgan fingerprint density at radius 2 is 1.97 bits per heavy atom. The molecule has 0 spiro atoms. The van der Waals surface area contributed by atoms with E-state index in [0.717, 1.165) is 51.1 Å². The first-order valence-electron chi connectivity index (χ1n) is 9.58. The average molecular weight is 466 g/mol. The smallest absolute Gasteiger partial charge is 0.466 e. The predicted octanol–water partition coefficient (Wildman–Crippen LogP) is 1.14. The second-order valence-electron chi connectivity index (χ2n) is 7.39. The van der Waals surface area contributed by atoms with E-state index >= 15 is 0 Å². The topological polar surface area (TPSA) is 169 Å². The van der Waals surface area contributed by atoms with Crippen molar-refractivity contribution in [3.63, 3.8) is 0 Å². The number of primary amides is 1. The van der Waals surface area contributed by atoms with E-state index in [9.17, 15) is 4.79 Å². The number of halogens is 1. The van der Waals surface area contributed by atoms with Crippen LogP contribution in [0.25, 0.3) is 0 Å². The lowest BCUT2D eigenvalue weighted by atomic mass is 9.88. The van der Waals surface area contributed by atoms with Gasteiger partial charge in [0, 0.05) is 32.2 Å². The average Bonchev–Trinajstić information content (AvgIpc) is 3.09. The Bertz CT molecular complexity index is 788. The lowest BCUT2D eigenvalue weighted by Gasteiger charge is -2.34. The molecule has 2 aliphatic heterocycles. The van der Waals surface area contributed by atoms with Crippen LogP contribution in [-0.4, -0.2) is 64.9 Å². The van der Waals surface area contributed by atoms with Gasteiger partial charge in [0.05, 0.1) is 16.3 Å². The Morgan fingerprint density at radius 3 is 2.50 bits per heavy atom. The Hall–Kier alpha value is -1.39. The van der Waals surface area contributed by atoms with E-state index in [-0.39, 0.29) is 6.10 Å². The molecule has 0 aliphatic carbocycles. The van der Waals surface area contributed by atoms with Crippen molar-refractivity contribution in [3.05, 3.63) is 22.2 Å². The highest BCUT2D eigenvalue weighted by molar-refractivity contribution is 7.45. The summed E-state index contributed by atoms with van der Waals surface area (Å²) in [7, 11) is -2.90. The number of rotatable bonds is 6. The van der Waals surface area contributed by atoms with Crippen LogP contribution < -0.4 is 16.2 Å². The number of hydrogen-bond donors (Lipinski definition) is 5. The number of hydrogen-bond acceptors (Lipinski definition) is 6. The molecular weight excluding hydrogens is 437 g/mol. The van der Waals surface area contributed by atoms with Crippen molar-refractivity contribution >= 4 is 31.0 Å². The second-order valence-corrected chi connectivity index (χ2v) is 8.82. The summed E-state index contributed by atoms with van der Waals surface area (Å²) in [5.74, 6) is 0.443. The first-order chi connectivity index (χ1) is 14.0. The fourth-order valence-electron chi connectivity index (χ4n) is 3.86. The third-order valence-corrected chi connectivity index (χ3v) is 5.61. The molecule has 0 saturated carbocycles. The highest BCUT2D eigenvalue weighted by Gasteiger charge is 2.36. The molecule has 1 amide bonds. The highest BCUT2D eigenvalue weighted by atomic mass is 35.5. The van der Waals surface area contributed by atoms with Gasteiger partial charge in [-0.2, -0.15) is 0 Å². The Balaban J connectivity index is 0.000000575. The molecule has 1 saturated heterocycles. The molecule has 170 valence electrons. The van der Waals surface area contributed by atoms with Gasteiger partial charge in [-0.3, -0.25) is 4.79 Å². The van der Waals surface area contributed by atoms with Gasteiger partial charge in [-0.05, 0) is 44.3 Å².